The van der Waals surface area contributed by atoms with Crippen LogP contribution in [0.15, 0.2) is 60.8 Å². The Morgan fingerprint density at radius 3 is 2.34 bits per heavy atom. The number of amides is 3. The summed E-state index contributed by atoms with van der Waals surface area (Å²) in [6.07, 6.45) is 4.52. The van der Waals surface area contributed by atoms with E-state index in [9.17, 15) is 19.2 Å². The molecule has 1 heterocycles. The highest BCUT2D eigenvalue weighted by molar-refractivity contribution is 7.98. The second kappa shape index (κ2) is 15.9. The molecule has 3 rings (SSSR count). The van der Waals surface area contributed by atoms with Crippen LogP contribution < -0.4 is 27.4 Å². The molecule has 4 atom stereocenters. The van der Waals surface area contributed by atoms with Gasteiger partial charge in [-0.25, -0.2) is 0 Å². The molecule has 3 aromatic rings. The molecule has 0 bridgehead atoms. The predicted octanol–water partition coefficient (Wildman–Crippen LogP) is 0.921. The summed E-state index contributed by atoms with van der Waals surface area (Å²) in [6.45, 7) is 0.345. The van der Waals surface area contributed by atoms with E-state index in [2.05, 4.69) is 20.9 Å². The summed E-state index contributed by atoms with van der Waals surface area (Å²) < 4.78 is 0. The first-order valence-corrected chi connectivity index (χ1v) is 14.8. The Kier molecular flexibility index (Phi) is 12.3. The normalized spacial score (nSPS) is 14.1. The number of carbonyl (C=O) groups excluding carboxylic acids is 3. The van der Waals surface area contributed by atoms with E-state index in [1.54, 1.807) is 36.0 Å². The molecule has 0 fully saturated rings. The maximum Gasteiger partial charge on any atom is 0.321 e. The van der Waals surface area contributed by atoms with E-state index in [0.717, 1.165) is 22.0 Å². The van der Waals surface area contributed by atoms with Gasteiger partial charge < -0.3 is 32.2 Å². The van der Waals surface area contributed by atoms with Crippen molar-refractivity contribution in [1.82, 2.24) is 20.9 Å². The quantitative estimate of drug-likeness (QED) is 0.129. The summed E-state index contributed by atoms with van der Waals surface area (Å²) in [5.41, 5.74) is 14.7. The Bertz CT molecular complexity index is 1320. The lowest BCUT2D eigenvalue weighted by Gasteiger charge is -2.23. The molecule has 12 heteroatoms. The zero-order valence-electron chi connectivity index (χ0n) is 23.0. The van der Waals surface area contributed by atoms with Crippen LogP contribution in [-0.4, -0.2) is 76.5 Å². The number of fused-ring (bicyclic) bond motifs is 1. The van der Waals surface area contributed by atoms with Gasteiger partial charge in [-0.1, -0.05) is 48.5 Å². The monoisotopic (exact) mass is 582 g/mol. The van der Waals surface area contributed by atoms with Crippen molar-refractivity contribution in [1.29, 1.82) is 0 Å². The number of imide groups is 1. The summed E-state index contributed by atoms with van der Waals surface area (Å²) in [6, 6.07) is 13.4. The number of aromatic amines is 1. The first-order valence-electron chi connectivity index (χ1n) is 13.4. The molecule has 3 amide bonds. The molecule has 0 saturated heterocycles. The summed E-state index contributed by atoms with van der Waals surface area (Å²) in [5.74, 6) is -2.59. The van der Waals surface area contributed by atoms with Crippen LogP contribution in [0.5, 0.6) is 0 Å². The van der Waals surface area contributed by atoms with E-state index >= 15 is 0 Å². The zero-order valence-corrected chi connectivity index (χ0v) is 23.8. The minimum Gasteiger partial charge on any atom is -0.480 e. The lowest BCUT2D eigenvalue weighted by Crippen LogP contribution is -2.55. The van der Waals surface area contributed by atoms with Crippen molar-refractivity contribution in [2.75, 3.05) is 18.6 Å². The standard InChI is InChI=1S/C29H38N6O5S/c1-41-12-11-24(33-17-20(30)14-19-16-32-23-10-6-5-9-21(19)23)27(37)35-28(38)25(13-18-7-3-2-4-8-18)34-26(36)15-22(31)29(39)40/h2-10,16,20,22,24-25,32-33H,11-15,17,30-31H2,1H3,(H,34,36)(H,39,40)(H,35,37,38)/t20-,22+,24+,25+/m1/s1. The van der Waals surface area contributed by atoms with E-state index in [0.29, 0.717) is 25.1 Å². The highest BCUT2D eigenvalue weighted by Gasteiger charge is 2.28. The van der Waals surface area contributed by atoms with E-state index in [1.165, 1.54) is 0 Å². The van der Waals surface area contributed by atoms with Crippen molar-refractivity contribution in [2.45, 2.75) is 49.9 Å². The Labute approximate surface area is 243 Å². The molecule has 0 unspecified atom stereocenters. The van der Waals surface area contributed by atoms with Crippen molar-refractivity contribution in [2.24, 2.45) is 11.5 Å². The molecule has 220 valence electrons. The predicted molar refractivity (Wildman–Crippen MR) is 160 cm³/mol. The topological polar surface area (TPSA) is 192 Å². The molecule has 0 aliphatic heterocycles. The van der Waals surface area contributed by atoms with Gasteiger partial charge in [0.1, 0.15) is 12.1 Å². The number of nitrogens with two attached hydrogens (primary N) is 2. The Morgan fingerprint density at radius 1 is 0.951 bits per heavy atom. The number of rotatable bonds is 16. The minimum absolute atomic E-state index is 0.104. The molecule has 0 aliphatic rings. The van der Waals surface area contributed by atoms with Gasteiger partial charge in [0, 0.05) is 36.1 Å². The third-order valence-corrected chi connectivity index (χ3v) is 7.26. The number of hydrogen-bond donors (Lipinski definition) is 7. The van der Waals surface area contributed by atoms with Crippen molar-refractivity contribution in [3.63, 3.8) is 0 Å². The number of aromatic nitrogens is 1. The van der Waals surface area contributed by atoms with Gasteiger partial charge in [0.05, 0.1) is 12.5 Å². The van der Waals surface area contributed by atoms with E-state index in [4.69, 9.17) is 16.6 Å². The molecule has 0 radical (unpaired) electrons. The fraction of sp³-hybridized carbons (Fsp3) is 0.379. The van der Waals surface area contributed by atoms with Crippen LogP contribution in [0.2, 0.25) is 0 Å². The fourth-order valence-electron chi connectivity index (χ4n) is 4.41. The summed E-state index contributed by atoms with van der Waals surface area (Å²) in [7, 11) is 0. The van der Waals surface area contributed by atoms with Gasteiger partial charge in [-0.2, -0.15) is 11.8 Å². The number of carboxylic acid groups (broad SMARTS) is 1. The van der Waals surface area contributed by atoms with Crippen molar-refractivity contribution < 1.29 is 24.3 Å². The van der Waals surface area contributed by atoms with Crippen LogP contribution in [0, 0.1) is 0 Å². The number of nitrogens with one attached hydrogen (secondary N) is 4. The molecule has 11 nitrogen and oxygen atoms in total. The van der Waals surface area contributed by atoms with Crippen LogP contribution in [0.3, 0.4) is 0 Å². The van der Waals surface area contributed by atoms with E-state index in [1.807, 2.05) is 42.8 Å². The number of carboxylic acids is 1. The first-order chi connectivity index (χ1) is 19.7. The Hall–Kier alpha value is -3.71. The number of para-hydroxylation sites is 1. The van der Waals surface area contributed by atoms with Crippen molar-refractivity contribution in [3.8, 4) is 0 Å². The molecule has 0 saturated carbocycles. The average molecular weight is 583 g/mol. The number of benzene rings is 2. The summed E-state index contributed by atoms with van der Waals surface area (Å²) in [5, 5.41) is 18.3. The highest BCUT2D eigenvalue weighted by Crippen LogP contribution is 2.18. The van der Waals surface area contributed by atoms with Gasteiger partial charge in [-0.15, -0.1) is 0 Å². The maximum absolute atomic E-state index is 13.2. The van der Waals surface area contributed by atoms with Crippen molar-refractivity contribution in [3.05, 3.63) is 71.9 Å². The second-order valence-corrected chi connectivity index (χ2v) is 10.9. The lowest BCUT2D eigenvalue weighted by molar-refractivity contribution is -0.140. The second-order valence-electron chi connectivity index (χ2n) is 9.88. The minimum atomic E-state index is -1.41. The van der Waals surface area contributed by atoms with Gasteiger partial charge >= 0.3 is 5.97 Å². The molecular weight excluding hydrogens is 544 g/mol. The lowest BCUT2D eigenvalue weighted by atomic mass is 10.0. The van der Waals surface area contributed by atoms with Crippen molar-refractivity contribution >= 4 is 46.4 Å². The van der Waals surface area contributed by atoms with Gasteiger partial charge in [0.25, 0.3) is 0 Å². The summed E-state index contributed by atoms with van der Waals surface area (Å²) >= 11 is 1.57. The molecule has 41 heavy (non-hydrogen) atoms. The first kappa shape index (κ1) is 31.8. The number of aliphatic carboxylic acids is 1. The number of H-pyrrole nitrogens is 1. The molecular formula is C29H38N6O5S. The number of carbonyl (C=O) groups is 4. The largest absolute Gasteiger partial charge is 0.480 e. The van der Waals surface area contributed by atoms with Crippen LogP contribution in [0.25, 0.3) is 10.9 Å². The van der Waals surface area contributed by atoms with Crippen LogP contribution in [0.1, 0.15) is 24.0 Å². The smallest absolute Gasteiger partial charge is 0.321 e. The Balaban J connectivity index is 1.64. The maximum atomic E-state index is 13.2. The summed E-state index contributed by atoms with van der Waals surface area (Å²) in [4.78, 5) is 53.2. The molecule has 9 N–H and O–H groups in total. The van der Waals surface area contributed by atoms with Gasteiger partial charge in [0.15, 0.2) is 0 Å². The molecule has 1 aromatic heterocycles. The third-order valence-electron chi connectivity index (χ3n) is 6.61. The van der Waals surface area contributed by atoms with Crippen LogP contribution in [-0.2, 0) is 32.0 Å². The average Bonchev–Trinajstić information content (AvgIpc) is 3.35. The van der Waals surface area contributed by atoms with Gasteiger partial charge in [-0.3, -0.25) is 24.5 Å². The fourth-order valence-corrected chi connectivity index (χ4v) is 4.88. The SMILES string of the molecule is CSCC[C@H](NC[C@H](N)Cc1c[nH]c2ccccc12)C(=O)NC(=O)[C@H](Cc1ccccc1)NC(=O)C[C@H](N)C(=O)O. The third kappa shape index (κ3) is 10.0. The van der Waals surface area contributed by atoms with Gasteiger partial charge in [0.2, 0.25) is 17.7 Å². The van der Waals surface area contributed by atoms with Crippen LogP contribution in [0.4, 0.5) is 0 Å². The number of hydrogen-bond acceptors (Lipinski definition) is 8. The van der Waals surface area contributed by atoms with E-state index < -0.39 is 48.2 Å². The molecule has 2 aromatic carbocycles. The van der Waals surface area contributed by atoms with Crippen LogP contribution >= 0.6 is 11.8 Å². The Morgan fingerprint density at radius 2 is 1.63 bits per heavy atom. The zero-order chi connectivity index (χ0) is 29.8. The van der Waals surface area contributed by atoms with E-state index in [-0.39, 0.29) is 12.5 Å². The highest BCUT2D eigenvalue weighted by atomic mass is 32.2. The van der Waals surface area contributed by atoms with Gasteiger partial charge in [-0.05, 0) is 42.0 Å². The number of thioether (sulfide) groups is 1. The molecule has 0 aliphatic carbocycles. The molecule has 0 spiro atoms.